The van der Waals surface area contributed by atoms with Crippen LogP contribution in [-0.4, -0.2) is 10.2 Å². The normalized spacial score (nSPS) is 11.6. The highest BCUT2D eigenvalue weighted by Crippen LogP contribution is 2.27. The summed E-state index contributed by atoms with van der Waals surface area (Å²) >= 11 is 0. The molecule has 3 heterocycles. The third-order valence-corrected chi connectivity index (χ3v) is 2.97. The molecule has 0 unspecified atom stereocenters. The number of pyridine rings is 1. The molecule has 3 rings (SSSR count). The van der Waals surface area contributed by atoms with Crippen LogP contribution >= 0.6 is 0 Å². The van der Waals surface area contributed by atoms with Crippen LogP contribution in [0.15, 0.2) is 30.3 Å². The molecule has 0 spiro atoms. The number of Topliss-reactive ketones (excluding diaryl/α,β-unsaturated/α-hetero) is 1. The summed E-state index contributed by atoms with van der Waals surface area (Å²) in [4.78, 5) is 11.5. The SMILES string of the molecule is CC(=O)c1cc2c(C)cc3cccc1n32. The Morgan fingerprint density at radius 3 is 2.73 bits per heavy atom. The van der Waals surface area contributed by atoms with Crippen LogP contribution in [0.5, 0.6) is 0 Å². The summed E-state index contributed by atoms with van der Waals surface area (Å²) in [6.45, 7) is 3.69. The third-order valence-electron chi connectivity index (χ3n) is 2.97. The van der Waals surface area contributed by atoms with Crippen molar-refractivity contribution in [2.24, 2.45) is 0 Å². The first kappa shape index (κ1) is 8.48. The summed E-state index contributed by atoms with van der Waals surface area (Å²) in [6, 6.07) is 10.2. The van der Waals surface area contributed by atoms with Gasteiger partial charge in [0, 0.05) is 16.6 Å². The van der Waals surface area contributed by atoms with E-state index < -0.39 is 0 Å². The van der Waals surface area contributed by atoms with Gasteiger partial charge in [0.1, 0.15) is 0 Å². The summed E-state index contributed by atoms with van der Waals surface area (Å²) in [5.74, 6) is 0.130. The second-order valence-corrected chi connectivity index (χ2v) is 4.00. The number of hydrogen-bond donors (Lipinski definition) is 0. The molecule has 0 radical (unpaired) electrons. The van der Waals surface area contributed by atoms with E-state index in [0.717, 1.165) is 22.1 Å². The molecular weight excluding hydrogens is 186 g/mol. The van der Waals surface area contributed by atoms with E-state index in [1.807, 2.05) is 18.2 Å². The van der Waals surface area contributed by atoms with Gasteiger partial charge in [-0.15, -0.1) is 0 Å². The zero-order valence-electron chi connectivity index (χ0n) is 8.74. The summed E-state index contributed by atoms with van der Waals surface area (Å²) in [5.41, 5.74) is 5.36. The van der Waals surface area contributed by atoms with E-state index in [9.17, 15) is 4.79 Å². The minimum atomic E-state index is 0.130. The maximum atomic E-state index is 11.5. The van der Waals surface area contributed by atoms with E-state index in [2.05, 4.69) is 23.5 Å². The standard InChI is InChI=1S/C13H11NO/c1-8-6-10-4-3-5-12-11(9(2)15)7-13(8)14(10)12/h3-7H,1-2H3. The van der Waals surface area contributed by atoms with E-state index >= 15 is 0 Å². The highest BCUT2D eigenvalue weighted by atomic mass is 16.1. The molecule has 0 aromatic carbocycles. The molecule has 0 fully saturated rings. The molecule has 15 heavy (non-hydrogen) atoms. The highest BCUT2D eigenvalue weighted by molar-refractivity contribution is 6.04. The second kappa shape index (κ2) is 2.60. The molecule has 0 aliphatic heterocycles. The molecule has 0 bridgehead atoms. The van der Waals surface area contributed by atoms with Gasteiger partial charge in [0.05, 0.1) is 5.52 Å². The molecule has 3 aromatic heterocycles. The topological polar surface area (TPSA) is 21.5 Å². The van der Waals surface area contributed by atoms with Gasteiger partial charge in [0.15, 0.2) is 5.78 Å². The van der Waals surface area contributed by atoms with E-state index in [1.54, 1.807) is 6.92 Å². The maximum Gasteiger partial charge on any atom is 0.161 e. The van der Waals surface area contributed by atoms with Crippen molar-refractivity contribution in [3.8, 4) is 0 Å². The number of hydrogen-bond acceptors (Lipinski definition) is 1. The molecule has 0 saturated carbocycles. The fourth-order valence-corrected chi connectivity index (χ4v) is 2.26. The van der Waals surface area contributed by atoms with Crippen LogP contribution in [0.25, 0.3) is 16.6 Å². The molecule has 0 saturated heterocycles. The molecule has 0 atom stereocenters. The molecule has 0 aliphatic carbocycles. The molecule has 2 nitrogen and oxygen atoms in total. The van der Waals surface area contributed by atoms with E-state index in [4.69, 9.17) is 0 Å². The first-order valence-corrected chi connectivity index (χ1v) is 5.02. The Balaban J connectivity index is 2.61. The van der Waals surface area contributed by atoms with Crippen LogP contribution in [-0.2, 0) is 0 Å². The summed E-state index contributed by atoms with van der Waals surface area (Å²) in [5, 5.41) is 0. The summed E-state index contributed by atoms with van der Waals surface area (Å²) in [7, 11) is 0. The van der Waals surface area contributed by atoms with Gasteiger partial charge in [-0.3, -0.25) is 4.79 Å². The van der Waals surface area contributed by atoms with Crippen molar-refractivity contribution >= 4 is 22.3 Å². The Morgan fingerprint density at radius 2 is 2.00 bits per heavy atom. The Labute approximate surface area is 87.5 Å². The number of rotatable bonds is 1. The van der Waals surface area contributed by atoms with Crippen LogP contribution in [0.1, 0.15) is 22.8 Å². The quantitative estimate of drug-likeness (QED) is 0.549. The highest BCUT2D eigenvalue weighted by Gasteiger charge is 2.13. The fraction of sp³-hybridized carbons (Fsp3) is 0.154. The number of aryl methyl sites for hydroxylation is 1. The second-order valence-electron chi connectivity index (χ2n) is 4.00. The van der Waals surface area contributed by atoms with Gasteiger partial charge < -0.3 is 4.40 Å². The van der Waals surface area contributed by atoms with E-state index in [-0.39, 0.29) is 5.78 Å². The van der Waals surface area contributed by atoms with Gasteiger partial charge in [0.2, 0.25) is 0 Å². The smallest absolute Gasteiger partial charge is 0.161 e. The average Bonchev–Trinajstić information content (AvgIpc) is 2.71. The Bertz CT molecular complexity index is 663. The summed E-state index contributed by atoms with van der Waals surface area (Å²) in [6.07, 6.45) is 0. The molecule has 0 aliphatic rings. The molecule has 0 N–H and O–H groups in total. The van der Waals surface area contributed by atoms with Gasteiger partial charge in [-0.1, -0.05) is 6.07 Å². The maximum absolute atomic E-state index is 11.5. The van der Waals surface area contributed by atoms with Gasteiger partial charge in [0.25, 0.3) is 0 Å². The molecule has 74 valence electrons. The van der Waals surface area contributed by atoms with Gasteiger partial charge in [-0.25, -0.2) is 0 Å². The van der Waals surface area contributed by atoms with E-state index in [1.165, 1.54) is 5.56 Å². The number of carbonyl (C=O) groups is 1. The lowest BCUT2D eigenvalue weighted by Gasteiger charge is -1.96. The van der Waals surface area contributed by atoms with Crippen molar-refractivity contribution in [2.45, 2.75) is 13.8 Å². The minimum absolute atomic E-state index is 0.130. The lowest BCUT2D eigenvalue weighted by atomic mass is 10.1. The predicted molar refractivity (Wildman–Crippen MR) is 60.8 cm³/mol. The van der Waals surface area contributed by atoms with Crippen LogP contribution in [0, 0.1) is 6.92 Å². The zero-order chi connectivity index (χ0) is 10.6. The summed E-state index contributed by atoms with van der Waals surface area (Å²) < 4.78 is 2.14. The number of nitrogens with zero attached hydrogens (tertiary/aromatic N) is 1. The molecule has 3 aromatic rings. The van der Waals surface area contributed by atoms with Gasteiger partial charge >= 0.3 is 0 Å². The zero-order valence-corrected chi connectivity index (χ0v) is 8.74. The number of ketones is 1. The lowest BCUT2D eigenvalue weighted by molar-refractivity contribution is 0.101. The van der Waals surface area contributed by atoms with Crippen molar-refractivity contribution in [3.05, 3.63) is 41.5 Å². The van der Waals surface area contributed by atoms with E-state index in [0.29, 0.717) is 0 Å². The van der Waals surface area contributed by atoms with Crippen molar-refractivity contribution in [3.63, 3.8) is 0 Å². The van der Waals surface area contributed by atoms with Crippen LogP contribution in [0.4, 0.5) is 0 Å². The molecule has 2 heteroatoms. The van der Waals surface area contributed by atoms with Crippen LogP contribution < -0.4 is 0 Å². The minimum Gasteiger partial charge on any atom is -0.309 e. The number of aromatic nitrogens is 1. The first-order valence-electron chi connectivity index (χ1n) is 5.02. The van der Waals surface area contributed by atoms with Crippen molar-refractivity contribution < 1.29 is 4.79 Å². The first-order chi connectivity index (χ1) is 7.18. The monoisotopic (exact) mass is 197 g/mol. The van der Waals surface area contributed by atoms with Crippen molar-refractivity contribution in [2.75, 3.05) is 0 Å². The fourth-order valence-electron chi connectivity index (χ4n) is 2.26. The van der Waals surface area contributed by atoms with Crippen molar-refractivity contribution in [1.29, 1.82) is 0 Å². The number of carbonyl (C=O) groups excluding carboxylic acids is 1. The third kappa shape index (κ3) is 0.962. The lowest BCUT2D eigenvalue weighted by Crippen LogP contribution is -1.90. The Morgan fingerprint density at radius 1 is 1.20 bits per heavy atom. The molecular formula is C13H11NO. The predicted octanol–water partition coefficient (Wildman–Crippen LogP) is 3.04. The Kier molecular flexibility index (Phi) is 1.47. The largest absolute Gasteiger partial charge is 0.309 e. The van der Waals surface area contributed by atoms with Gasteiger partial charge in [-0.2, -0.15) is 0 Å². The van der Waals surface area contributed by atoms with Crippen LogP contribution in [0.3, 0.4) is 0 Å². The van der Waals surface area contributed by atoms with Crippen LogP contribution in [0.2, 0.25) is 0 Å². The average molecular weight is 197 g/mol. The Hall–Kier alpha value is -1.83. The van der Waals surface area contributed by atoms with Gasteiger partial charge in [-0.05, 0) is 43.7 Å². The molecule has 0 amide bonds. The van der Waals surface area contributed by atoms with Crippen molar-refractivity contribution in [1.82, 2.24) is 4.40 Å².